The minimum absolute atomic E-state index is 0.0417. The number of amides is 5. The number of carbonyl (C=O) groups excluding carboxylic acids is 5. The van der Waals surface area contributed by atoms with E-state index in [0.717, 1.165) is 10.4 Å². The van der Waals surface area contributed by atoms with Crippen LogP contribution in [0.15, 0.2) is 47.4 Å². The molecule has 1 heterocycles. The minimum atomic E-state index is -4.50. The smallest absolute Gasteiger partial charge is 0.254 e. The second-order valence-corrected chi connectivity index (χ2v) is 15.1. The third kappa shape index (κ3) is 10.9. The fourth-order valence-electron chi connectivity index (χ4n) is 5.47. The predicted octanol–water partition coefficient (Wildman–Crippen LogP) is 0.972. The van der Waals surface area contributed by atoms with E-state index >= 15 is 0 Å². The molecule has 0 unspecified atom stereocenters. The molecule has 0 saturated carbocycles. The molecule has 1 fully saturated rings. The Kier molecular flexibility index (Phi) is 14.4. The van der Waals surface area contributed by atoms with Gasteiger partial charge >= 0.3 is 0 Å². The first kappa shape index (κ1) is 40.7. The van der Waals surface area contributed by atoms with Crippen LogP contribution in [0.4, 0.5) is 0 Å². The highest BCUT2D eigenvalue weighted by Gasteiger charge is 2.35. The SMILES string of the molecule is CNC(=O)c1cc(S(=O)(=O)N2CC(=O)N[C@@H](CC(C)C)C(=O)N[C@@H](Cc3ccc(OC)cc3)C(=O)N[C@H](C)C(=O)N[C@@H](C(C)C)C2)ccc1OC. The lowest BCUT2D eigenvalue weighted by Crippen LogP contribution is -2.57. The predicted molar refractivity (Wildman–Crippen MR) is 190 cm³/mol. The van der Waals surface area contributed by atoms with E-state index in [-0.39, 0.29) is 47.4 Å². The van der Waals surface area contributed by atoms with Crippen molar-refractivity contribution in [3.8, 4) is 11.5 Å². The summed E-state index contributed by atoms with van der Waals surface area (Å²) in [5.74, 6) is -2.91. The van der Waals surface area contributed by atoms with E-state index in [4.69, 9.17) is 9.47 Å². The van der Waals surface area contributed by atoms with Gasteiger partial charge < -0.3 is 36.1 Å². The molecule has 0 aliphatic carbocycles. The van der Waals surface area contributed by atoms with Crippen molar-refractivity contribution in [3.63, 3.8) is 0 Å². The lowest BCUT2D eigenvalue weighted by atomic mass is 10.0. The van der Waals surface area contributed by atoms with Crippen molar-refractivity contribution in [1.82, 2.24) is 30.9 Å². The number of nitrogens with one attached hydrogen (secondary N) is 5. The van der Waals surface area contributed by atoms with Crippen LogP contribution in [-0.4, -0.2) is 101 Å². The Morgan fingerprint density at radius 1 is 0.882 bits per heavy atom. The van der Waals surface area contributed by atoms with Crippen molar-refractivity contribution < 1.29 is 41.9 Å². The van der Waals surface area contributed by atoms with E-state index in [2.05, 4.69) is 26.6 Å². The number of nitrogens with zero attached hydrogens (tertiary/aromatic N) is 1. The number of sulfonamides is 1. The average molecular weight is 731 g/mol. The average Bonchev–Trinajstić information content (AvgIpc) is 3.09. The van der Waals surface area contributed by atoms with E-state index in [0.29, 0.717) is 11.3 Å². The molecule has 3 rings (SSSR count). The maximum Gasteiger partial charge on any atom is 0.254 e. The van der Waals surface area contributed by atoms with Crippen LogP contribution >= 0.6 is 0 Å². The topological polar surface area (TPSA) is 201 Å². The molecule has 5 N–H and O–H groups in total. The van der Waals surface area contributed by atoms with Gasteiger partial charge in [0.2, 0.25) is 33.7 Å². The Morgan fingerprint density at radius 2 is 1.53 bits per heavy atom. The molecule has 1 aliphatic rings. The molecular weight excluding hydrogens is 680 g/mol. The number of hydrogen-bond acceptors (Lipinski definition) is 9. The standard InChI is InChI=1S/C35H50N6O9S/c1-20(2)15-27-35(46)39-28(16-23-9-11-24(49-7)12-10-23)34(45)37-22(5)32(43)40-29(21(3)4)18-41(19-31(42)38-27)51(47,48)25-13-14-30(50-8)26(17-25)33(44)36-6/h9-14,17,20-22,27-29H,15-16,18-19H2,1-8H3,(H,36,44)(H,37,45)(H,38,42)(H,39,46)(H,40,43)/t22-,27+,28+,29-/m1/s1. The summed E-state index contributed by atoms with van der Waals surface area (Å²) < 4.78 is 39.9. The van der Waals surface area contributed by atoms with Gasteiger partial charge in [-0.1, -0.05) is 39.8 Å². The van der Waals surface area contributed by atoms with Crippen LogP contribution in [0.25, 0.3) is 0 Å². The van der Waals surface area contributed by atoms with Crippen LogP contribution in [0, 0.1) is 11.8 Å². The van der Waals surface area contributed by atoms with Crippen molar-refractivity contribution in [1.29, 1.82) is 0 Å². The zero-order valence-corrected chi connectivity index (χ0v) is 31.2. The van der Waals surface area contributed by atoms with E-state index in [1.54, 1.807) is 38.1 Å². The van der Waals surface area contributed by atoms with Crippen LogP contribution in [0.5, 0.6) is 11.5 Å². The summed E-state index contributed by atoms with van der Waals surface area (Å²) in [6.07, 6.45) is 0.249. The molecular formula is C35H50N6O9S. The van der Waals surface area contributed by atoms with Gasteiger partial charge in [0.1, 0.15) is 29.6 Å². The third-order valence-electron chi connectivity index (χ3n) is 8.48. The van der Waals surface area contributed by atoms with Crippen LogP contribution in [-0.2, 0) is 35.6 Å². The van der Waals surface area contributed by atoms with Gasteiger partial charge in [-0.3, -0.25) is 24.0 Å². The second kappa shape index (κ2) is 18.0. The van der Waals surface area contributed by atoms with Gasteiger partial charge in [-0.05, 0) is 61.1 Å². The fraction of sp³-hybridized carbons (Fsp3) is 0.514. The molecule has 0 radical (unpaired) electrons. The first-order valence-corrected chi connectivity index (χ1v) is 18.2. The number of hydrogen-bond donors (Lipinski definition) is 5. The van der Waals surface area contributed by atoms with Crippen molar-refractivity contribution in [2.45, 2.75) is 76.5 Å². The minimum Gasteiger partial charge on any atom is -0.497 e. The van der Waals surface area contributed by atoms with Crippen molar-refractivity contribution in [2.75, 3.05) is 34.4 Å². The largest absolute Gasteiger partial charge is 0.497 e. The van der Waals surface area contributed by atoms with Gasteiger partial charge in [-0.2, -0.15) is 4.31 Å². The highest BCUT2D eigenvalue weighted by molar-refractivity contribution is 7.89. The fourth-order valence-corrected chi connectivity index (χ4v) is 6.92. The molecule has 16 heteroatoms. The third-order valence-corrected chi connectivity index (χ3v) is 10.3. The number of carbonyl (C=O) groups is 5. The first-order valence-electron chi connectivity index (χ1n) is 16.7. The van der Waals surface area contributed by atoms with Crippen LogP contribution in [0.2, 0.25) is 0 Å². The molecule has 280 valence electrons. The molecule has 5 amide bonds. The molecule has 15 nitrogen and oxygen atoms in total. The van der Waals surface area contributed by atoms with E-state index in [1.165, 1.54) is 40.3 Å². The summed E-state index contributed by atoms with van der Waals surface area (Å²) in [5, 5.41) is 13.4. The quantitative estimate of drug-likeness (QED) is 0.236. The molecule has 1 aliphatic heterocycles. The van der Waals surface area contributed by atoms with Gasteiger partial charge in [0.25, 0.3) is 5.91 Å². The Hall–Kier alpha value is -4.70. The first-order chi connectivity index (χ1) is 24.0. The molecule has 0 bridgehead atoms. The highest BCUT2D eigenvalue weighted by atomic mass is 32.2. The number of benzene rings is 2. The normalized spacial score (nSPS) is 21.5. The molecule has 4 atom stereocenters. The highest BCUT2D eigenvalue weighted by Crippen LogP contribution is 2.25. The molecule has 51 heavy (non-hydrogen) atoms. The molecule has 0 spiro atoms. The zero-order chi connectivity index (χ0) is 38.0. The van der Waals surface area contributed by atoms with E-state index < -0.39 is 70.3 Å². The maximum absolute atomic E-state index is 14.2. The summed E-state index contributed by atoms with van der Waals surface area (Å²) >= 11 is 0. The zero-order valence-electron chi connectivity index (χ0n) is 30.4. The summed E-state index contributed by atoms with van der Waals surface area (Å²) in [4.78, 5) is 66.9. The van der Waals surface area contributed by atoms with Gasteiger partial charge in [0.15, 0.2) is 0 Å². The van der Waals surface area contributed by atoms with Crippen molar-refractivity contribution in [2.24, 2.45) is 11.8 Å². The van der Waals surface area contributed by atoms with Crippen LogP contribution < -0.4 is 36.1 Å². The van der Waals surface area contributed by atoms with Gasteiger partial charge in [-0.15, -0.1) is 0 Å². The lowest BCUT2D eigenvalue weighted by molar-refractivity contribution is -0.133. The maximum atomic E-state index is 14.2. The summed E-state index contributed by atoms with van der Waals surface area (Å²) in [7, 11) is -0.241. The summed E-state index contributed by atoms with van der Waals surface area (Å²) in [5.41, 5.74) is 0.662. The Bertz CT molecular complexity index is 1680. The van der Waals surface area contributed by atoms with Crippen molar-refractivity contribution in [3.05, 3.63) is 53.6 Å². The Morgan fingerprint density at radius 3 is 2.10 bits per heavy atom. The number of rotatable bonds is 10. The molecule has 0 aromatic heterocycles. The van der Waals surface area contributed by atoms with Gasteiger partial charge in [0, 0.05) is 26.1 Å². The lowest BCUT2D eigenvalue weighted by Gasteiger charge is -2.30. The molecule has 1 saturated heterocycles. The number of methoxy groups -OCH3 is 2. The Labute approximate surface area is 299 Å². The van der Waals surface area contributed by atoms with E-state index in [1.807, 2.05) is 13.8 Å². The molecule has 2 aromatic rings. The van der Waals surface area contributed by atoms with Crippen molar-refractivity contribution >= 4 is 39.6 Å². The van der Waals surface area contributed by atoms with Gasteiger partial charge in [0.05, 0.1) is 31.2 Å². The van der Waals surface area contributed by atoms with E-state index in [9.17, 15) is 32.4 Å². The van der Waals surface area contributed by atoms with Crippen LogP contribution in [0.3, 0.4) is 0 Å². The second-order valence-electron chi connectivity index (χ2n) is 13.2. The Balaban J connectivity index is 2.09. The number of ether oxygens (including phenoxy) is 2. The monoisotopic (exact) mass is 730 g/mol. The van der Waals surface area contributed by atoms with Gasteiger partial charge in [-0.25, -0.2) is 8.42 Å². The molecule has 2 aromatic carbocycles. The summed E-state index contributed by atoms with van der Waals surface area (Å²) in [6, 6.07) is 6.54. The van der Waals surface area contributed by atoms with Crippen LogP contribution in [0.1, 0.15) is 57.0 Å². The summed E-state index contributed by atoms with van der Waals surface area (Å²) in [6.45, 7) is 7.68.